The van der Waals surface area contributed by atoms with Crippen LogP contribution in [0.3, 0.4) is 0 Å². The van der Waals surface area contributed by atoms with Crippen molar-refractivity contribution in [3.05, 3.63) is 34.0 Å². The van der Waals surface area contributed by atoms with Crippen LogP contribution in [-0.2, 0) is 7.05 Å². The van der Waals surface area contributed by atoms with E-state index in [2.05, 4.69) is 5.10 Å². The van der Waals surface area contributed by atoms with Crippen molar-refractivity contribution in [1.82, 2.24) is 9.78 Å². The molecule has 0 bridgehead atoms. The zero-order chi connectivity index (χ0) is 11.0. The molecule has 6 heteroatoms. The molecular formula is C9H7N3O3. The Kier molecular flexibility index (Phi) is 1.96. The zero-order valence-corrected chi connectivity index (χ0v) is 7.88. The number of hydrogen-bond acceptors (Lipinski definition) is 4. The average molecular weight is 205 g/mol. The Morgan fingerprint density at radius 2 is 2.27 bits per heavy atom. The van der Waals surface area contributed by atoms with E-state index in [-0.39, 0.29) is 5.69 Å². The van der Waals surface area contributed by atoms with Gasteiger partial charge in [-0.2, -0.15) is 5.10 Å². The molecule has 76 valence electrons. The van der Waals surface area contributed by atoms with E-state index in [0.717, 1.165) is 0 Å². The Balaban J connectivity index is 2.77. The number of nitro groups is 1. The van der Waals surface area contributed by atoms with E-state index in [9.17, 15) is 14.9 Å². The quantitative estimate of drug-likeness (QED) is 0.420. The summed E-state index contributed by atoms with van der Waals surface area (Å²) in [5, 5.41) is 15.1. The standard InChI is InChI=1S/C9H7N3O3/c1-11-9-4-6(12(14)15)2-3-7(9)8(5-13)10-11/h2-5H,1H3. The highest BCUT2D eigenvalue weighted by Crippen LogP contribution is 2.22. The topological polar surface area (TPSA) is 78.0 Å². The fourth-order valence-corrected chi connectivity index (χ4v) is 1.47. The number of carbonyl (C=O) groups is 1. The van der Waals surface area contributed by atoms with Gasteiger partial charge in [0.1, 0.15) is 5.69 Å². The molecule has 0 aliphatic rings. The minimum Gasteiger partial charge on any atom is -0.296 e. The van der Waals surface area contributed by atoms with Crippen molar-refractivity contribution in [2.75, 3.05) is 0 Å². The summed E-state index contributed by atoms with van der Waals surface area (Å²) in [6.45, 7) is 0. The van der Waals surface area contributed by atoms with Gasteiger partial charge in [0.25, 0.3) is 5.69 Å². The number of fused-ring (bicyclic) bond motifs is 1. The number of benzene rings is 1. The summed E-state index contributed by atoms with van der Waals surface area (Å²) in [7, 11) is 1.64. The summed E-state index contributed by atoms with van der Waals surface area (Å²) in [6.07, 6.45) is 0.633. The minimum atomic E-state index is -0.479. The second-order valence-electron chi connectivity index (χ2n) is 3.09. The predicted octanol–water partition coefficient (Wildman–Crippen LogP) is 1.29. The molecule has 0 aliphatic carbocycles. The molecule has 1 aromatic heterocycles. The van der Waals surface area contributed by atoms with Crippen molar-refractivity contribution in [2.45, 2.75) is 0 Å². The minimum absolute atomic E-state index is 0.0112. The summed E-state index contributed by atoms with van der Waals surface area (Å²) in [6, 6.07) is 4.29. The Hall–Kier alpha value is -2.24. The van der Waals surface area contributed by atoms with E-state index >= 15 is 0 Å². The number of aromatic nitrogens is 2. The first-order valence-corrected chi connectivity index (χ1v) is 4.20. The summed E-state index contributed by atoms with van der Waals surface area (Å²) < 4.78 is 1.45. The van der Waals surface area contributed by atoms with Gasteiger partial charge in [-0.3, -0.25) is 19.6 Å². The van der Waals surface area contributed by atoms with Crippen molar-refractivity contribution < 1.29 is 9.72 Å². The molecule has 2 rings (SSSR count). The van der Waals surface area contributed by atoms with Crippen LogP contribution < -0.4 is 0 Å². The van der Waals surface area contributed by atoms with E-state index < -0.39 is 4.92 Å². The summed E-state index contributed by atoms with van der Waals surface area (Å²) in [4.78, 5) is 20.7. The van der Waals surface area contributed by atoms with Gasteiger partial charge in [0.15, 0.2) is 6.29 Å². The highest BCUT2D eigenvalue weighted by molar-refractivity contribution is 5.95. The Labute approximate surface area is 84.3 Å². The molecule has 0 unspecified atom stereocenters. The molecular weight excluding hydrogens is 198 g/mol. The molecule has 0 saturated heterocycles. The van der Waals surface area contributed by atoms with Crippen molar-refractivity contribution in [3.8, 4) is 0 Å². The average Bonchev–Trinajstić information content (AvgIpc) is 2.55. The molecule has 0 spiro atoms. The predicted molar refractivity (Wildman–Crippen MR) is 52.8 cm³/mol. The number of rotatable bonds is 2. The molecule has 0 amide bonds. The van der Waals surface area contributed by atoms with Crippen molar-refractivity contribution >= 4 is 22.9 Å². The van der Waals surface area contributed by atoms with Crippen LogP contribution in [0, 0.1) is 10.1 Å². The van der Waals surface area contributed by atoms with Crippen LogP contribution in [0.15, 0.2) is 18.2 Å². The van der Waals surface area contributed by atoms with Crippen LogP contribution in [0.2, 0.25) is 0 Å². The molecule has 2 aromatic rings. The zero-order valence-electron chi connectivity index (χ0n) is 7.88. The van der Waals surface area contributed by atoms with Gasteiger partial charge in [0.05, 0.1) is 10.4 Å². The number of carbonyl (C=O) groups excluding carboxylic acids is 1. The molecule has 0 fully saturated rings. The summed E-state index contributed by atoms with van der Waals surface area (Å²) >= 11 is 0. The van der Waals surface area contributed by atoms with E-state index in [0.29, 0.717) is 22.9 Å². The number of aryl methyl sites for hydroxylation is 1. The van der Waals surface area contributed by atoms with Gasteiger partial charge < -0.3 is 0 Å². The lowest BCUT2D eigenvalue weighted by atomic mass is 10.2. The molecule has 1 heterocycles. The third-order valence-electron chi connectivity index (χ3n) is 2.19. The summed E-state index contributed by atoms with van der Waals surface area (Å²) in [5.74, 6) is 0. The van der Waals surface area contributed by atoms with Crippen LogP contribution in [0.4, 0.5) is 5.69 Å². The van der Waals surface area contributed by atoms with Gasteiger partial charge in [0, 0.05) is 24.6 Å². The van der Waals surface area contributed by atoms with Gasteiger partial charge >= 0.3 is 0 Å². The fraction of sp³-hybridized carbons (Fsp3) is 0.111. The number of nitro benzene ring substituents is 1. The van der Waals surface area contributed by atoms with E-state index in [1.165, 1.54) is 22.9 Å². The fourth-order valence-electron chi connectivity index (χ4n) is 1.47. The lowest BCUT2D eigenvalue weighted by molar-refractivity contribution is -0.384. The molecule has 0 radical (unpaired) electrons. The molecule has 0 aliphatic heterocycles. The molecule has 0 saturated carbocycles. The normalized spacial score (nSPS) is 10.5. The molecule has 0 atom stereocenters. The van der Waals surface area contributed by atoms with E-state index in [1.54, 1.807) is 7.05 Å². The highest BCUT2D eigenvalue weighted by Gasteiger charge is 2.12. The van der Waals surface area contributed by atoms with Gasteiger partial charge in [-0.1, -0.05) is 0 Å². The van der Waals surface area contributed by atoms with Crippen LogP contribution in [0.5, 0.6) is 0 Å². The van der Waals surface area contributed by atoms with Crippen LogP contribution in [-0.4, -0.2) is 21.0 Å². The molecule has 6 nitrogen and oxygen atoms in total. The molecule has 15 heavy (non-hydrogen) atoms. The monoisotopic (exact) mass is 205 g/mol. The first-order valence-electron chi connectivity index (χ1n) is 4.20. The van der Waals surface area contributed by atoms with E-state index in [1.807, 2.05) is 0 Å². The van der Waals surface area contributed by atoms with Gasteiger partial charge in [-0.05, 0) is 6.07 Å². The van der Waals surface area contributed by atoms with Crippen molar-refractivity contribution in [1.29, 1.82) is 0 Å². The Bertz CT molecular complexity index is 559. The van der Waals surface area contributed by atoms with Crippen molar-refractivity contribution in [2.24, 2.45) is 7.05 Å². The van der Waals surface area contributed by atoms with Gasteiger partial charge in [0.2, 0.25) is 0 Å². The summed E-state index contributed by atoms with van der Waals surface area (Å²) in [5.41, 5.74) is 0.858. The Morgan fingerprint density at radius 3 is 2.87 bits per heavy atom. The number of nitrogens with zero attached hydrogens (tertiary/aromatic N) is 3. The number of aldehydes is 1. The number of non-ortho nitro benzene ring substituents is 1. The first-order chi connectivity index (χ1) is 7.13. The maximum Gasteiger partial charge on any atom is 0.271 e. The number of hydrogen-bond donors (Lipinski definition) is 0. The van der Waals surface area contributed by atoms with Gasteiger partial charge in [-0.25, -0.2) is 0 Å². The largest absolute Gasteiger partial charge is 0.296 e. The molecule has 1 aromatic carbocycles. The highest BCUT2D eigenvalue weighted by atomic mass is 16.6. The maximum absolute atomic E-state index is 10.6. The van der Waals surface area contributed by atoms with Crippen LogP contribution in [0.25, 0.3) is 10.9 Å². The Morgan fingerprint density at radius 1 is 1.53 bits per heavy atom. The second-order valence-corrected chi connectivity index (χ2v) is 3.09. The lowest BCUT2D eigenvalue weighted by Crippen LogP contribution is -1.91. The van der Waals surface area contributed by atoms with Gasteiger partial charge in [-0.15, -0.1) is 0 Å². The van der Waals surface area contributed by atoms with Crippen LogP contribution in [0.1, 0.15) is 10.5 Å². The lowest BCUT2D eigenvalue weighted by Gasteiger charge is -1.93. The third kappa shape index (κ3) is 1.35. The van der Waals surface area contributed by atoms with E-state index in [4.69, 9.17) is 0 Å². The second kappa shape index (κ2) is 3.16. The smallest absolute Gasteiger partial charge is 0.271 e. The maximum atomic E-state index is 10.6. The first kappa shape index (κ1) is 9.32. The third-order valence-corrected chi connectivity index (χ3v) is 2.19. The van der Waals surface area contributed by atoms with Crippen LogP contribution >= 0.6 is 0 Å². The van der Waals surface area contributed by atoms with Crippen molar-refractivity contribution in [3.63, 3.8) is 0 Å². The molecule has 0 N–H and O–H groups in total. The SMILES string of the molecule is Cn1nc(C=O)c2ccc([N+](=O)[O-])cc21.